The molecular formula is C4H5BrFN3OS2. The van der Waals surface area contributed by atoms with Crippen molar-refractivity contribution < 1.29 is 8.99 Å². The van der Waals surface area contributed by atoms with Gasteiger partial charge in [-0.05, 0) is 15.9 Å². The molecule has 68 valence electrons. The normalized spacial score (nSPS) is 10.6. The summed E-state index contributed by atoms with van der Waals surface area (Å²) in [6.45, 7) is 0.0338. The number of aliphatic hydroxyl groups excluding tert-OH is 1. The van der Waals surface area contributed by atoms with Crippen LogP contribution in [0, 0.1) is 0 Å². The zero-order valence-corrected chi connectivity index (χ0v) is 8.99. The number of rotatable bonds is 4. The van der Waals surface area contributed by atoms with Crippen LogP contribution in [0.15, 0.2) is 9.89 Å². The van der Waals surface area contributed by atoms with Crippen molar-refractivity contribution in [3.63, 3.8) is 0 Å². The number of hydrogen-bond donors (Lipinski definition) is 1. The van der Waals surface area contributed by atoms with E-state index in [1.54, 1.807) is 0 Å². The number of aliphatic hydroxyl groups is 1. The summed E-state index contributed by atoms with van der Waals surface area (Å²) >= 11 is 4.24. The van der Waals surface area contributed by atoms with Crippen LogP contribution in [-0.4, -0.2) is 31.6 Å². The minimum absolute atomic E-state index is 0.0227. The Labute approximate surface area is 85.5 Å². The summed E-state index contributed by atoms with van der Waals surface area (Å²) in [4.78, 5) is 3.88. The van der Waals surface area contributed by atoms with E-state index in [0.717, 1.165) is 4.09 Å². The Morgan fingerprint density at radius 2 is 2.42 bits per heavy atom. The highest BCUT2D eigenvalue weighted by Gasteiger charge is 2.08. The zero-order valence-electron chi connectivity index (χ0n) is 5.78. The Bertz CT molecular complexity index is 258. The van der Waals surface area contributed by atoms with Crippen LogP contribution in [0.5, 0.6) is 0 Å². The molecule has 0 amide bonds. The molecular weight excluding hydrogens is 269 g/mol. The lowest BCUT2D eigenvalue weighted by molar-refractivity contribution is 0.322. The van der Waals surface area contributed by atoms with Gasteiger partial charge in [0, 0.05) is 5.75 Å². The first-order valence-corrected chi connectivity index (χ1v) is 5.38. The molecule has 0 aliphatic rings. The molecule has 0 saturated carbocycles. The van der Waals surface area contributed by atoms with Crippen LogP contribution >= 0.6 is 40.0 Å². The summed E-state index contributed by atoms with van der Waals surface area (Å²) in [6.07, 6.45) is 0. The van der Waals surface area contributed by atoms with Crippen LogP contribution in [0.4, 0.5) is 3.89 Å². The Morgan fingerprint density at radius 3 is 3.00 bits per heavy atom. The van der Waals surface area contributed by atoms with E-state index in [1.165, 1.54) is 11.8 Å². The van der Waals surface area contributed by atoms with Crippen LogP contribution in [0.1, 0.15) is 0 Å². The fraction of sp³-hybridized carbons (Fsp3) is 0.500. The first kappa shape index (κ1) is 10.3. The van der Waals surface area contributed by atoms with Crippen molar-refractivity contribution in [2.75, 3.05) is 12.4 Å². The second kappa shape index (κ2) is 5.05. The molecule has 0 radical (unpaired) electrons. The molecule has 12 heavy (non-hydrogen) atoms. The number of hydrogen-bond acceptors (Lipinski definition) is 5. The van der Waals surface area contributed by atoms with E-state index in [9.17, 15) is 3.89 Å². The van der Waals surface area contributed by atoms with E-state index in [4.69, 9.17) is 5.11 Å². The van der Waals surface area contributed by atoms with E-state index >= 15 is 0 Å². The third kappa shape index (κ3) is 2.61. The average molecular weight is 274 g/mol. The molecule has 1 rings (SSSR count). The van der Waals surface area contributed by atoms with Gasteiger partial charge >= 0.3 is 0 Å². The molecule has 8 heteroatoms. The number of halogens is 2. The largest absolute Gasteiger partial charge is 0.396 e. The molecule has 1 aromatic rings. The van der Waals surface area contributed by atoms with Crippen LogP contribution in [0.3, 0.4) is 0 Å². The fourth-order valence-corrected chi connectivity index (χ4v) is 2.11. The quantitative estimate of drug-likeness (QED) is 0.843. The van der Waals surface area contributed by atoms with Gasteiger partial charge < -0.3 is 5.11 Å². The van der Waals surface area contributed by atoms with Gasteiger partial charge in [0.1, 0.15) is 0 Å². The van der Waals surface area contributed by atoms with Crippen LogP contribution in [0.2, 0.25) is 0 Å². The van der Waals surface area contributed by atoms with Gasteiger partial charge in [-0.3, -0.25) is 0 Å². The van der Waals surface area contributed by atoms with Crippen LogP contribution < -0.4 is 0 Å². The molecule has 0 aliphatic carbocycles. The maximum absolute atomic E-state index is 12.1. The van der Waals surface area contributed by atoms with Crippen molar-refractivity contribution in [1.82, 2.24) is 14.2 Å². The highest BCUT2D eigenvalue weighted by molar-refractivity contribution is 9.10. The van der Waals surface area contributed by atoms with Gasteiger partial charge in [0.2, 0.25) is 9.89 Å². The predicted octanol–water partition coefficient (Wildman–Crippen LogP) is 1.51. The standard InChI is InChI=1S/C4H5BrFN3OS2/c5-3-7-4(11-2-1-10)9(8-3)12-6/h10H,1-2H2. The van der Waals surface area contributed by atoms with Gasteiger partial charge in [-0.15, -0.1) is 13.1 Å². The van der Waals surface area contributed by atoms with Crippen molar-refractivity contribution in [3.8, 4) is 0 Å². The van der Waals surface area contributed by atoms with Gasteiger partial charge in [-0.2, -0.15) is 4.98 Å². The maximum Gasteiger partial charge on any atom is 0.219 e. The summed E-state index contributed by atoms with van der Waals surface area (Å²) < 4.78 is 13.5. The maximum atomic E-state index is 12.1. The smallest absolute Gasteiger partial charge is 0.219 e. The molecule has 0 bridgehead atoms. The monoisotopic (exact) mass is 273 g/mol. The van der Waals surface area contributed by atoms with Crippen LogP contribution in [0.25, 0.3) is 0 Å². The Morgan fingerprint density at radius 1 is 1.67 bits per heavy atom. The summed E-state index contributed by atoms with van der Waals surface area (Å²) in [6, 6.07) is 0. The highest BCUT2D eigenvalue weighted by atomic mass is 79.9. The number of thioether (sulfide) groups is 1. The number of nitrogens with zero attached hydrogens (tertiary/aromatic N) is 3. The molecule has 0 spiro atoms. The summed E-state index contributed by atoms with van der Waals surface area (Å²) in [5.41, 5.74) is 0. The van der Waals surface area contributed by atoms with E-state index in [-0.39, 0.29) is 18.9 Å². The van der Waals surface area contributed by atoms with Crippen molar-refractivity contribution >= 4 is 40.0 Å². The molecule has 0 aromatic carbocycles. The third-order valence-corrected chi connectivity index (χ3v) is 2.66. The molecule has 0 fully saturated rings. The van der Waals surface area contributed by atoms with Gasteiger partial charge in [0.15, 0.2) is 12.3 Å². The first-order valence-electron chi connectivity index (χ1n) is 2.93. The summed E-state index contributed by atoms with van der Waals surface area (Å²) in [5.74, 6) is 0.478. The third-order valence-electron chi connectivity index (χ3n) is 0.913. The Balaban J connectivity index is 2.68. The first-order chi connectivity index (χ1) is 5.77. The van der Waals surface area contributed by atoms with Crippen molar-refractivity contribution in [3.05, 3.63) is 4.73 Å². The van der Waals surface area contributed by atoms with Crippen molar-refractivity contribution in [1.29, 1.82) is 0 Å². The Kier molecular flexibility index (Phi) is 4.33. The molecule has 1 heterocycles. The molecule has 0 aliphatic heterocycles. The average Bonchev–Trinajstić information content (AvgIpc) is 2.42. The second-order valence-electron chi connectivity index (χ2n) is 1.68. The minimum Gasteiger partial charge on any atom is -0.396 e. The summed E-state index contributed by atoms with van der Waals surface area (Å²) in [7, 11) is 0. The lowest BCUT2D eigenvalue weighted by Crippen LogP contribution is -1.92. The molecule has 4 nitrogen and oxygen atoms in total. The summed E-state index contributed by atoms with van der Waals surface area (Å²) in [5, 5.41) is 12.6. The molecule has 0 unspecified atom stereocenters. The van der Waals surface area contributed by atoms with Crippen molar-refractivity contribution in [2.45, 2.75) is 5.16 Å². The van der Waals surface area contributed by atoms with Gasteiger partial charge in [-0.1, -0.05) is 11.8 Å². The van der Waals surface area contributed by atoms with Gasteiger partial charge in [0.05, 0.1) is 6.61 Å². The molecule has 1 aromatic heterocycles. The molecule has 0 atom stereocenters. The topological polar surface area (TPSA) is 50.9 Å². The molecule has 1 N–H and O–H groups in total. The highest BCUT2D eigenvalue weighted by Crippen LogP contribution is 2.22. The lowest BCUT2D eigenvalue weighted by Gasteiger charge is -1.95. The molecule has 0 saturated heterocycles. The van der Waals surface area contributed by atoms with E-state index in [2.05, 4.69) is 26.0 Å². The van der Waals surface area contributed by atoms with E-state index in [1.807, 2.05) is 0 Å². The van der Waals surface area contributed by atoms with E-state index in [0.29, 0.717) is 15.6 Å². The minimum atomic E-state index is -0.0227. The van der Waals surface area contributed by atoms with Crippen molar-refractivity contribution in [2.24, 2.45) is 0 Å². The zero-order chi connectivity index (χ0) is 8.97. The SMILES string of the molecule is OCCSc1nc(Br)nn1SF. The van der Waals surface area contributed by atoms with E-state index < -0.39 is 0 Å². The van der Waals surface area contributed by atoms with Gasteiger partial charge in [-0.25, -0.2) is 0 Å². The van der Waals surface area contributed by atoms with Gasteiger partial charge in [0.25, 0.3) is 0 Å². The fourth-order valence-electron chi connectivity index (χ4n) is 0.531. The number of aromatic nitrogens is 3. The predicted molar refractivity (Wildman–Crippen MR) is 49.6 cm³/mol. The second-order valence-corrected chi connectivity index (χ2v) is 3.93. The van der Waals surface area contributed by atoms with Crippen LogP contribution in [-0.2, 0) is 0 Å². The lowest BCUT2D eigenvalue weighted by atomic mass is 10.9. The Hall–Kier alpha value is 0.210.